The molecule has 0 heterocycles. The summed E-state index contributed by atoms with van der Waals surface area (Å²) >= 11 is 5.94. The smallest absolute Gasteiger partial charge is 0.314 e. The third-order valence-electron chi connectivity index (χ3n) is 2.55. The molecule has 0 radical (unpaired) electrons. The molecule has 0 aliphatic heterocycles. The average Bonchev–Trinajstić information content (AvgIpc) is 2.41. The second kappa shape index (κ2) is 9.50. The van der Waals surface area contributed by atoms with Crippen LogP contribution in [0.2, 0.25) is 5.02 Å². The van der Waals surface area contributed by atoms with Crippen LogP contribution in [0.1, 0.15) is 26.2 Å². The zero-order chi connectivity index (χ0) is 13.9. The molecule has 5 heteroatoms. The van der Waals surface area contributed by atoms with E-state index in [9.17, 15) is 4.79 Å². The van der Waals surface area contributed by atoms with Gasteiger partial charge in [0, 0.05) is 6.54 Å². The quantitative estimate of drug-likeness (QED) is 0.720. The van der Waals surface area contributed by atoms with Crippen LogP contribution in [0.4, 0.5) is 4.79 Å². The summed E-state index contributed by atoms with van der Waals surface area (Å²) in [6.07, 6.45) is 3.30. The highest BCUT2D eigenvalue weighted by atomic mass is 35.5. The van der Waals surface area contributed by atoms with Crippen molar-refractivity contribution in [3.05, 3.63) is 29.3 Å². The molecule has 0 spiro atoms. The van der Waals surface area contributed by atoms with Crippen LogP contribution in [0, 0.1) is 0 Å². The largest absolute Gasteiger partial charge is 0.490 e. The van der Waals surface area contributed by atoms with Crippen molar-refractivity contribution in [3.63, 3.8) is 0 Å². The van der Waals surface area contributed by atoms with E-state index >= 15 is 0 Å². The van der Waals surface area contributed by atoms with Gasteiger partial charge in [0.1, 0.15) is 12.4 Å². The first-order chi connectivity index (χ1) is 9.24. The molecule has 0 fully saturated rings. The first kappa shape index (κ1) is 15.6. The van der Waals surface area contributed by atoms with E-state index in [1.165, 1.54) is 0 Å². The highest BCUT2D eigenvalue weighted by Crippen LogP contribution is 2.22. The van der Waals surface area contributed by atoms with E-state index in [-0.39, 0.29) is 6.03 Å². The third-order valence-corrected chi connectivity index (χ3v) is 2.86. The summed E-state index contributed by atoms with van der Waals surface area (Å²) < 4.78 is 5.46. The fraction of sp³-hybridized carbons (Fsp3) is 0.500. The van der Waals surface area contributed by atoms with Crippen LogP contribution in [-0.4, -0.2) is 25.7 Å². The average molecular weight is 285 g/mol. The van der Waals surface area contributed by atoms with Gasteiger partial charge >= 0.3 is 6.03 Å². The lowest BCUT2D eigenvalue weighted by Gasteiger charge is -2.09. The number of ether oxygens (including phenoxy) is 1. The number of benzene rings is 1. The molecule has 0 saturated heterocycles. The lowest BCUT2D eigenvalue weighted by Crippen LogP contribution is -2.38. The fourth-order valence-electron chi connectivity index (χ4n) is 1.53. The lowest BCUT2D eigenvalue weighted by atomic mass is 10.2. The Balaban J connectivity index is 2.07. The van der Waals surface area contributed by atoms with Gasteiger partial charge < -0.3 is 15.4 Å². The lowest BCUT2D eigenvalue weighted by molar-refractivity contribution is 0.236. The van der Waals surface area contributed by atoms with Crippen LogP contribution < -0.4 is 15.4 Å². The number of unbranched alkanes of at least 4 members (excludes halogenated alkanes) is 2. The normalized spacial score (nSPS) is 10.0. The van der Waals surface area contributed by atoms with Gasteiger partial charge in [-0.2, -0.15) is 0 Å². The van der Waals surface area contributed by atoms with E-state index < -0.39 is 0 Å². The molecule has 2 N–H and O–H groups in total. The maximum atomic E-state index is 11.4. The molecule has 0 aromatic heterocycles. The highest BCUT2D eigenvalue weighted by molar-refractivity contribution is 6.32. The van der Waals surface area contributed by atoms with Crippen molar-refractivity contribution in [3.8, 4) is 5.75 Å². The van der Waals surface area contributed by atoms with E-state index in [2.05, 4.69) is 17.6 Å². The molecule has 0 atom stereocenters. The topological polar surface area (TPSA) is 50.4 Å². The predicted octanol–water partition coefficient (Wildman–Crippen LogP) is 3.21. The maximum absolute atomic E-state index is 11.4. The minimum absolute atomic E-state index is 0.154. The van der Waals surface area contributed by atoms with Gasteiger partial charge in [0.05, 0.1) is 11.6 Å². The van der Waals surface area contributed by atoms with E-state index in [1.54, 1.807) is 12.1 Å². The first-order valence-corrected chi connectivity index (χ1v) is 7.01. The molecule has 1 aromatic rings. The summed E-state index contributed by atoms with van der Waals surface area (Å²) in [7, 11) is 0. The number of halogens is 1. The Kier molecular flexibility index (Phi) is 7.82. The summed E-state index contributed by atoms with van der Waals surface area (Å²) in [6.45, 7) is 3.69. The van der Waals surface area contributed by atoms with Gasteiger partial charge in [-0.15, -0.1) is 0 Å². The van der Waals surface area contributed by atoms with Crippen molar-refractivity contribution in [1.82, 2.24) is 10.6 Å². The number of hydrogen-bond acceptors (Lipinski definition) is 2. The molecule has 1 aromatic carbocycles. The van der Waals surface area contributed by atoms with Crippen molar-refractivity contribution < 1.29 is 9.53 Å². The van der Waals surface area contributed by atoms with Crippen molar-refractivity contribution in [2.24, 2.45) is 0 Å². The second-order valence-corrected chi connectivity index (χ2v) is 4.58. The number of urea groups is 1. The Hall–Kier alpha value is -1.42. The summed E-state index contributed by atoms with van der Waals surface area (Å²) in [6, 6.07) is 7.11. The molecule has 0 saturated carbocycles. The summed E-state index contributed by atoms with van der Waals surface area (Å²) in [5.74, 6) is 0.634. The fourth-order valence-corrected chi connectivity index (χ4v) is 1.72. The maximum Gasteiger partial charge on any atom is 0.314 e. The van der Waals surface area contributed by atoms with E-state index in [0.29, 0.717) is 30.5 Å². The van der Waals surface area contributed by atoms with Crippen LogP contribution in [0.25, 0.3) is 0 Å². The van der Waals surface area contributed by atoms with Gasteiger partial charge in [0.15, 0.2) is 0 Å². The summed E-state index contributed by atoms with van der Waals surface area (Å²) in [5, 5.41) is 6.10. The number of hydrogen-bond donors (Lipinski definition) is 2. The van der Waals surface area contributed by atoms with E-state index in [1.807, 2.05) is 12.1 Å². The number of nitrogens with one attached hydrogen (secondary N) is 2. The molecule has 1 rings (SSSR count). The Labute approximate surface area is 119 Å². The molecule has 106 valence electrons. The zero-order valence-electron chi connectivity index (χ0n) is 11.2. The molecular weight excluding hydrogens is 264 g/mol. The molecule has 19 heavy (non-hydrogen) atoms. The van der Waals surface area contributed by atoms with Crippen LogP contribution in [0.5, 0.6) is 5.75 Å². The Morgan fingerprint density at radius 1 is 1.21 bits per heavy atom. The molecule has 0 aliphatic rings. The van der Waals surface area contributed by atoms with Crippen LogP contribution in [-0.2, 0) is 0 Å². The number of carbonyl (C=O) groups is 1. The SMILES string of the molecule is CCCCCNC(=O)NCCOc1ccccc1Cl. The van der Waals surface area contributed by atoms with Gasteiger partial charge in [0.25, 0.3) is 0 Å². The van der Waals surface area contributed by atoms with Crippen molar-refractivity contribution in [2.45, 2.75) is 26.2 Å². The predicted molar refractivity (Wildman–Crippen MR) is 77.9 cm³/mol. The molecule has 4 nitrogen and oxygen atoms in total. The first-order valence-electron chi connectivity index (χ1n) is 6.63. The monoisotopic (exact) mass is 284 g/mol. The van der Waals surface area contributed by atoms with Gasteiger partial charge in [-0.05, 0) is 18.6 Å². The van der Waals surface area contributed by atoms with Crippen LogP contribution >= 0.6 is 11.6 Å². The standard InChI is InChI=1S/C14H21ClN2O2/c1-2-3-6-9-16-14(18)17-10-11-19-13-8-5-4-7-12(13)15/h4-5,7-8H,2-3,6,9-11H2,1H3,(H2,16,17,18). The molecule has 0 unspecified atom stereocenters. The summed E-state index contributed by atoms with van der Waals surface area (Å²) in [4.78, 5) is 11.4. The van der Waals surface area contributed by atoms with Gasteiger partial charge in [-0.3, -0.25) is 0 Å². The highest BCUT2D eigenvalue weighted by Gasteiger charge is 2.01. The minimum atomic E-state index is -0.154. The molecular formula is C14H21ClN2O2. The van der Waals surface area contributed by atoms with Gasteiger partial charge in [0.2, 0.25) is 0 Å². The van der Waals surface area contributed by atoms with Crippen molar-refractivity contribution in [2.75, 3.05) is 19.7 Å². The Morgan fingerprint density at radius 3 is 2.68 bits per heavy atom. The number of amides is 2. The van der Waals surface area contributed by atoms with Gasteiger partial charge in [-0.25, -0.2) is 4.79 Å². The van der Waals surface area contributed by atoms with E-state index in [0.717, 1.165) is 19.3 Å². The van der Waals surface area contributed by atoms with Crippen molar-refractivity contribution >= 4 is 17.6 Å². The molecule has 0 bridgehead atoms. The second-order valence-electron chi connectivity index (χ2n) is 4.17. The number of para-hydroxylation sites is 1. The van der Waals surface area contributed by atoms with Crippen LogP contribution in [0.3, 0.4) is 0 Å². The van der Waals surface area contributed by atoms with Crippen LogP contribution in [0.15, 0.2) is 24.3 Å². The minimum Gasteiger partial charge on any atom is -0.490 e. The Bertz CT molecular complexity index is 385. The van der Waals surface area contributed by atoms with Gasteiger partial charge in [-0.1, -0.05) is 43.5 Å². The van der Waals surface area contributed by atoms with Crippen molar-refractivity contribution in [1.29, 1.82) is 0 Å². The molecule has 0 aliphatic carbocycles. The Morgan fingerprint density at radius 2 is 1.95 bits per heavy atom. The summed E-state index contributed by atoms with van der Waals surface area (Å²) in [5.41, 5.74) is 0. The van der Waals surface area contributed by atoms with E-state index in [4.69, 9.17) is 16.3 Å². The number of rotatable bonds is 8. The number of carbonyl (C=O) groups excluding carboxylic acids is 1. The zero-order valence-corrected chi connectivity index (χ0v) is 12.0. The molecule has 2 amide bonds. The third kappa shape index (κ3) is 6.91.